The fraction of sp³-hybridized carbons (Fsp3) is 0.231. The summed E-state index contributed by atoms with van der Waals surface area (Å²) in [4.78, 5) is 12.2. The van der Waals surface area contributed by atoms with Gasteiger partial charge >= 0.3 is 0 Å². The fourth-order valence-electron chi connectivity index (χ4n) is 1.71. The second-order valence-corrected chi connectivity index (χ2v) is 5.13. The average Bonchev–Trinajstić information content (AvgIpc) is 2.70. The van der Waals surface area contributed by atoms with Crippen LogP contribution < -0.4 is 5.32 Å². The van der Waals surface area contributed by atoms with E-state index >= 15 is 0 Å². The molecule has 1 aromatic heterocycles. The van der Waals surface area contributed by atoms with Gasteiger partial charge < -0.3 is 9.84 Å². The van der Waals surface area contributed by atoms with Crippen molar-refractivity contribution in [2.75, 3.05) is 5.32 Å². The van der Waals surface area contributed by atoms with E-state index < -0.39 is 0 Å². The van der Waals surface area contributed by atoms with Crippen LogP contribution in [0.1, 0.15) is 28.7 Å². The van der Waals surface area contributed by atoms with Crippen LogP contribution in [0.4, 0.5) is 5.69 Å². The number of aromatic nitrogens is 1. The van der Waals surface area contributed by atoms with Crippen molar-refractivity contribution < 1.29 is 9.32 Å². The average molecular weight is 356 g/mol. The molecule has 1 amide bonds. The van der Waals surface area contributed by atoms with E-state index in [0.29, 0.717) is 23.4 Å². The summed E-state index contributed by atoms with van der Waals surface area (Å²) in [7, 11) is 0. The molecule has 0 fully saturated rings. The summed E-state index contributed by atoms with van der Waals surface area (Å²) in [6.45, 7) is 3.70. The molecule has 0 aliphatic rings. The Morgan fingerprint density at radius 1 is 1.50 bits per heavy atom. The fourth-order valence-corrected chi connectivity index (χ4v) is 2.25. The van der Waals surface area contributed by atoms with Crippen LogP contribution >= 0.6 is 22.6 Å². The molecular formula is C13H13IN2O2. The highest BCUT2D eigenvalue weighted by atomic mass is 127. The number of rotatable bonds is 3. The summed E-state index contributed by atoms with van der Waals surface area (Å²) in [5.41, 5.74) is 1.93. The second-order valence-electron chi connectivity index (χ2n) is 3.88. The zero-order valence-electron chi connectivity index (χ0n) is 10.2. The molecule has 4 nitrogen and oxygen atoms in total. The Morgan fingerprint density at radius 3 is 2.94 bits per heavy atom. The van der Waals surface area contributed by atoms with Crippen molar-refractivity contribution in [2.45, 2.75) is 20.3 Å². The van der Waals surface area contributed by atoms with E-state index in [9.17, 15) is 4.79 Å². The molecule has 0 aliphatic heterocycles. The Hall–Kier alpha value is -1.37. The zero-order chi connectivity index (χ0) is 13.1. The quantitative estimate of drug-likeness (QED) is 0.858. The van der Waals surface area contributed by atoms with Gasteiger partial charge in [0.2, 0.25) is 0 Å². The van der Waals surface area contributed by atoms with E-state index in [0.717, 1.165) is 9.26 Å². The summed E-state index contributed by atoms with van der Waals surface area (Å²) in [6.07, 6.45) is 0.649. The van der Waals surface area contributed by atoms with E-state index in [2.05, 4.69) is 33.1 Å². The number of hydrogen-bond acceptors (Lipinski definition) is 3. The Kier molecular flexibility index (Phi) is 4.00. The monoisotopic (exact) mass is 356 g/mol. The van der Waals surface area contributed by atoms with E-state index in [1.165, 1.54) is 0 Å². The van der Waals surface area contributed by atoms with E-state index in [4.69, 9.17) is 4.52 Å². The van der Waals surface area contributed by atoms with Gasteiger partial charge in [-0.1, -0.05) is 18.1 Å². The molecule has 1 aromatic carbocycles. The van der Waals surface area contributed by atoms with Crippen molar-refractivity contribution in [1.29, 1.82) is 0 Å². The highest BCUT2D eigenvalue weighted by molar-refractivity contribution is 14.1. The van der Waals surface area contributed by atoms with Crippen LogP contribution in [0.25, 0.3) is 0 Å². The molecule has 0 spiro atoms. The zero-order valence-corrected chi connectivity index (χ0v) is 12.3. The number of carbonyl (C=O) groups excluding carboxylic acids is 1. The van der Waals surface area contributed by atoms with Gasteiger partial charge in [0.05, 0.1) is 5.69 Å². The smallest absolute Gasteiger partial charge is 0.261 e. The third-order valence-electron chi connectivity index (χ3n) is 2.56. The molecule has 18 heavy (non-hydrogen) atoms. The first-order valence-corrected chi connectivity index (χ1v) is 6.71. The lowest BCUT2D eigenvalue weighted by Crippen LogP contribution is -2.14. The van der Waals surface area contributed by atoms with Crippen molar-refractivity contribution in [2.24, 2.45) is 0 Å². The Bertz CT molecular complexity index is 578. The van der Waals surface area contributed by atoms with Crippen molar-refractivity contribution in [1.82, 2.24) is 5.16 Å². The maximum atomic E-state index is 12.2. The highest BCUT2D eigenvalue weighted by Crippen LogP contribution is 2.18. The van der Waals surface area contributed by atoms with Gasteiger partial charge in [0.1, 0.15) is 11.3 Å². The molecule has 0 saturated heterocycles. The van der Waals surface area contributed by atoms with Crippen molar-refractivity contribution in [3.63, 3.8) is 0 Å². The van der Waals surface area contributed by atoms with Crippen LogP contribution in [0.5, 0.6) is 0 Å². The molecule has 0 unspecified atom stereocenters. The van der Waals surface area contributed by atoms with E-state index in [1.54, 1.807) is 6.92 Å². The first-order chi connectivity index (χ1) is 8.61. The largest absolute Gasteiger partial charge is 0.360 e. The number of carbonyl (C=O) groups is 1. The molecule has 1 heterocycles. The molecule has 0 radical (unpaired) electrons. The van der Waals surface area contributed by atoms with Crippen LogP contribution in [-0.2, 0) is 6.42 Å². The SMILES string of the molecule is CCc1onc(C)c1C(=O)Nc1cccc(I)c1. The molecule has 1 N–H and O–H groups in total. The predicted octanol–water partition coefficient (Wildman–Crippen LogP) is 3.40. The number of nitrogens with one attached hydrogen (secondary N) is 1. The van der Waals surface area contributed by atoms with Crippen LogP contribution in [0.3, 0.4) is 0 Å². The van der Waals surface area contributed by atoms with Gasteiger partial charge in [-0.05, 0) is 47.7 Å². The molecule has 0 aliphatic carbocycles. The first-order valence-electron chi connectivity index (χ1n) is 5.64. The van der Waals surface area contributed by atoms with Gasteiger partial charge in [-0.2, -0.15) is 0 Å². The van der Waals surface area contributed by atoms with E-state index in [1.807, 2.05) is 31.2 Å². The standard InChI is InChI=1S/C13H13IN2O2/c1-3-11-12(8(2)16-18-11)13(17)15-10-6-4-5-9(14)7-10/h4-7H,3H2,1-2H3,(H,15,17). The van der Waals surface area contributed by atoms with Gasteiger partial charge in [-0.3, -0.25) is 4.79 Å². The minimum atomic E-state index is -0.174. The van der Waals surface area contributed by atoms with Crippen molar-refractivity contribution in [3.8, 4) is 0 Å². The molecule has 5 heteroatoms. The normalized spacial score (nSPS) is 10.4. The number of anilines is 1. The predicted molar refractivity (Wildman–Crippen MR) is 77.7 cm³/mol. The number of benzene rings is 1. The van der Waals surface area contributed by atoms with Crippen LogP contribution in [0, 0.1) is 10.5 Å². The minimum absolute atomic E-state index is 0.174. The molecule has 0 atom stereocenters. The van der Waals surface area contributed by atoms with Gasteiger partial charge in [-0.15, -0.1) is 0 Å². The summed E-state index contributed by atoms with van der Waals surface area (Å²) in [5, 5.41) is 6.69. The van der Waals surface area contributed by atoms with Gasteiger partial charge in [0, 0.05) is 15.7 Å². The van der Waals surface area contributed by atoms with Crippen molar-refractivity contribution >= 4 is 34.2 Å². The summed E-state index contributed by atoms with van der Waals surface area (Å²) >= 11 is 2.20. The van der Waals surface area contributed by atoms with Crippen LogP contribution in [0.15, 0.2) is 28.8 Å². The maximum absolute atomic E-state index is 12.2. The third-order valence-corrected chi connectivity index (χ3v) is 3.24. The number of halogens is 1. The van der Waals surface area contributed by atoms with Crippen molar-refractivity contribution in [3.05, 3.63) is 44.9 Å². The Labute approximate surface area is 119 Å². The van der Waals surface area contributed by atoms with Gasteiger partial charge in [0.15, 0.2) is 0 Å². The molecular weight excluding hydrogens is 343 g/mol. The number of nitrogens with zero attached hydrogens (tertiary/aromatic N) is 1. The lowest BCUT2D eigenvalue weighted by atomic mass is 10.1. The maximum Gasteiger partial charge on any atom is 0.261 e. The molecule has 0 saturated carbocycles. The lowest BCUT2D eigenvalue weighted by molar-refractivity contribution is 0.102. The van der Waals surface area contributed by atoms with E-state index in [-0.39, 0.29) is 5.91 Å². The lowest BCUT2D eigenvalue weighted by Gasteiger charge is -2.05. The number of aryl methyl sites for hydroxylation is 2. The minimum Gasteiger partial charge on any atom is -0.360 e. The Morgan fingerprint density at radius 2 is 2.28 bits per heavy atom. The molecule has 2 aromatic rings. The third kappa shape index (κ3) is 2.72. The molecule has 94 valence electrons. The molecule has 2 rings (SSSR count). The van der Waals surface area contributed by atoms with Crippen LogP contribution in [0.2, 0.25) is 0 Å². The second kappa shape index (κ2) is 5.51. The first kappa shape index (κ1) is 13.1. The number of hydrogen-bond donors (Lipinski definition) is 1. The topological polar surface area (TPSA) is 55.1 Å². The van der Waals surface area contributed by atoms with Gasteiger partial charge in [-0.25, -0.2) is 0 Å². The van der Waals surface area contributed by atoms with Gasteiger partial charge in [0.25, 0.3) is 5.91 Å². The Balaban J connectivity index is 2.24. The summed E-state index contributed by atoms with van der Waals surface area (Å²) in [6, 6.07) is 7.64. The molecule has 0 bridgehead atoms. The van der Waals surface area contributed by atoms with Crippen LogP contribution in [-0.4, -0.2) is 11.1 Å². The highest BCUT2D eigenvalue weighted by Gasteiger charge is 2.19. The summed E-state index contributed by atoms with van der Waals surface area (Å²) in [5.74, 6) is 0.447. The number of amides is 1. The summed E-state index contributed by atoms with van der Waals surface area (Å²) < 4.78 is 6.19.